The van der Waals surface area contributed by atoms with Gasteiger partial charge >= 0.3 is 20.9 Å². The van der Waals surface area contributed by atoms with Crippen LogP contribution in [-0.4, -0.2) is 17.8 Å². The van der Waals surface area contributed by atoms with Crippen LogP contribution in [0.15, 0.2) is 48.5 Å². The predicted molar refractivity (Wildman–Crippen MR) is 94.0 cm³/mol. The van der Waals surface area contributed by atoms with E-state index in [2.05, 4.69) is 0 Å². The van der Waals surface area contributed by atoms with Crippen molar-refractivity contribution in [1.29, 1.82) is 0 Å². The summed E-state index contributed by atoms with van der Waals surface area (Å²) in [7, 11) is -1.78. The van der Waals surface area contributed by atoms with E-state index in [1.54, 1.807) is 4.67 Å². The fourth-order valence-electron chi connectivity index (χ4n) is 2.18. The second-order valence-corrected chi connectivity index (χ2v) is 7.01. The molecular formula is C18H18F6NO2P. The molecule has 0 unspecified atom stereocenters. The van der Waals surface area contributed by atoms with Crippen molar-refractivity contribution >= 4 is 8.53 Å². The van der Waals surface area contributed by atoms with Crippen molar-refractivity contribution in [1.82, 2.24) is 4.67 Å². The van der Waals surface area contributed by atoms with Crippen molar-refractivity contribution < 1.29 is 35.4 Å². The third-order valence-corrected chi connectivity index (χ3v) is 5.45. The van der Waals surface area contributed by atoms with Crippen molar-refractivity contribution in [3.8, 4) is 11.5 Å². The summed E-state index contributed by atoms with van der Waals surface area (Å²) in [6, 6.07) is 8.28. The Morgan fingerprint density at radius 2 is 1.00 bits per heavy atom. The zero-order chi connectivity index (χ0) is 20.9. The molecule has 0 saturated carbocycles. The Labute approximate surface area is 159 Å². The SMILES string of the molecule is CCN(CC)P(Oc1ccc(C(F)(F)F)cc1)Oc1ccc(C(F)(F)F)cc1. The van der Waals surface area contributed by atoms with Gasteiger partial charge in [-0.25, -0.2) is 4.67 Å². The van der Waals surface area contributed by atoms with Gasteiger partial charge in [0.15, 0.2) is 0 Å². The maximum atomic E-state index is 12.7. The van der Waals surface area contributed by atoms with Crippen LogP contribution in [0.4, 0.5) is 26.3 Å². The van der Waals surface area contributed by atoms with Crippen LogP contribution in [0.1, 0.15) is 25.0 Å². The summed E-state index contributed by atoms with van der Waals surface area (Å²) in [6.45, 7) is 4.71. The summed E-state index contributed by atoms with van der Waals surface area (Å²) < 4.78 is 89.2. The molecule has 2 aromatic carbocycles. The summed E-state index contributed by atoms with van der Waals surface area (Å²) >= 11 is 0. The molecule has 2 rings (SSSR count). The van der Waals surface area contributed by atoms with Gasteiger partial charge < -0.3 is 9.05 Å². The molecule has 0 heterocycles. The summed E-state index contributed by atoms with van der Waals surface area (Å²) in [5.74, 6) is 0.329. The average Bonchev–Trinajstić information content (AvgIpc) is 2.62. The average molecular weight is 425 g/mol. The van der Waals surface area contributed by atoms with Crippen LogP contribution in [0.25, 0.3) is 0 Å². The van der Waals surface area contributed by atoms with E-state index >= 15 is 0 Å². The highest BCUT2D eigenvalue weighted by atomic mass is 31.2. The van der Waals surface area contributed by atoms with Crippen molar-refractivity contribution in [2.24, 2.45) is 0 Å². The highest BCUT2D eigenvalue weighted by molar-refractivity contribution is 7.45. The molecular weight excluding hydrogens is 407 g/mol. The van der Waals surface area contributed by atoms with E-state index in [0.29, 0.717) is 13.1 Å². The molecule has 10 heteroatoms. The summed E-state index contributed by atoms with van der Waals surface area (Å²) in [6.07, 6.45) is -8.92. The zero-order valence-electron chi connectivity index (χ0n) is 15.0. The number of alkyl halides is 6. The minimum atomic E-state index is -4.46. The lowest BCUT2D eigenvalue weighted by molar-refractivity contribution is -0.138. The highest BCUT2D eigenvalue weighted by Crippen LogP contribution is 2.44. The van der Waals surface area contributed by atoms with Crippen molar-refractivity contribution in [2.75, 3.05) is 13.1 Å². The number of rotatable bonds is 7. The van der Waals surface area contributed by atoms with Gasteiger partial charge in [0.25, 0.3) is 0 Å². The molecule has 0 bridgehead atoms. The quantitative estimate of drug-likeness (QED) is 0.362. The summed E-state index contributed by atoms with van der Waals surface area (Å²) in [4.78, 5) is 0. The minimum Gasteiger partial charge on any atom is -0.427 e. The van der Waals surface area contributed by atoms with Gasteiger partial charge in [0.05, 0.1) is 11.1 Å². The van der Waals surface area contributed by atoms with E-state index in [0.717, 1.165) is 24.3 Å². The Hall–Kier alpha value is -1.99. The molecule has 0 aromatic heterocycles. The van der Waals surface area contributed by atoms with Crippen LogP contribution in [0.2, 0.25) is 0 Å². The maximum absolute atomic E-state index is 12.7. The van der Waals surface area contributed by atoms with Gasteiger partial charge in [-0.15, -0.1) is 0 Å². The van der Waals surface area contributed by atoms with Crippen LogP contribution in [-0.2, 0) is 12.4 Å². The van der Waals surface area contributed by atoms with Gasteiger partial charge in [0.1, 0.15) is 11.5 Å². The van der Waals surface area contributed by atoms with Crippen LogP contribution in [0, 0.1) is 0 Å². The number of halogens is 6. The smallest absolute Gasteiger partial charge is 0.416 e. The molecule has 0 fully saturated rings. The van der Waals surface area contributed by atoms with E-state index in [9.17, 15) is 26.3 Å². The van der Waals surface area contributed by atoms with Gasteiger partial charge in [-0.05, 0) is 48.5 Å². The number of nitrogens with zero attached hydrogens (tertiary/aromatic N) is 1. The Kier molecular flexibility index (Phi) is 7.17. The lowest BCUT2D eigenvalue weighted by Crippen LogP contribution is -2.22. The molecule has 0 N–H and O–H groups in total. The summed E-state index contributed by atoms with van der Waals surface area (Å²) in [5, 5.41) is 0. The molecule has 0 atom stereocenters. The first-order valence-corrected chi connectivity index (χ1v) is 9.43. The molecule has 28 heavy (non-hydrogen) atoms. The second-order valence-electron chi connectivity index (χ2n) is 5.60. The van der Waals surface area contributed by atoms with E-state index in [1.807, 2.05) is 13.8 Å². The van der Waals surface area contributed by atoms with E-state index < -0.39 is 32.0 Å². The zero-order valence-corrected chi connectivity index (χ0v) is 15.9. The summed E-state index contributed by atoms with van der Waals surface area (Å²) in [5.41, 5.74) is -1.62. The van der Waals surface area contributed by atoms with Gasteiger partial charge in [0.2, 0.25) is 0 Å². The molecule has 0 radical (unpaired) electrons. The van der Waals surface area contributed by atoms with E-state index in [1.165, 1.54) is 24.3 Å². The fraction of sp³-hybridized carbons (Fsp3) is 0.333. The number of hydrogen-bond donors (Lipinski definition) is 0. The van der Waals surface area contributed by atoms with Gasteiger partial charge in [-0.2, -0.15) is 26.3 Å². The third kappa shape index (κ3) is 6.01. The first-order valence-electron chi connectivity index (χ1n) is 8.30. The Morgan fingerprint density at radius 3 is 1.25 bits per heavy atom. The van der Waals surface area contributed by atoms with Crippen LogP contribution >= 0.6 is 8.53 Å². The largest absolute Gasteiger partial charge is 0.427 e. The van der Waals surface area contributed by atoms with E-state index in [4.69, 9.17) is 9.05 Å². The number of hydrogen-bond acceptors (Lipinski definition) is 3. The fourth-order valence-corrected chi connectivity index (χ4v) is 3.51. The molecule has 0 spiro atoms. The second kappa shape index (κ2) is 9.01. The van der Waals surface area contributed by atoms with Gasteiger partial charge in [-0.1, -0.05) is 13.8 Å². The van der Waals surface area contributed by atoms with Crippen molar-refractivity contribution in [3.63, 3.8) is 0 Å². The van der Waals surface area contributed by atoms with Gasteiger partial charge in [-0.3, -0.25) is 0 Å². The third-order valence-electron chi connectivity index (χ3n) is 3.69. The van der Waals surface area contributed by atoms with Gasteiger partial charge in [0, 0.05) is 13.1 Å². The monoisotopic (exact) mass is 425 g/mol. The van der Waals surface area contributed by atoms with Crippen LogP contribution in [0.5, 0.6) is 11.5 Å². The topological polar surface area (TPSA) is 21.7 Å². The Balaban J connectivity index is 2.18. The standard InChI is InChI=1S/C18H18F6NO2P/c1-3-25(4-2)28(26-15-9-5-13(6-10-15)17(19,20)21)27-16-11-7-14(8-12-16)18(22,23)24/h5-12H,3-4H2,1-2H3. The maximum Gasteiger partial charge on any atom is 0.416 e. The molecule has 0 aliphatic rings. The van der Waals surface area contributed by atoms with E-state index in [-0.39, 0.29) is 11.5 Å². The molecule has 0 aliphatic carbocycles. The lowest BCUT2D eigenvalue weighted by atomic mass is 10.2. The molecule has 0 amide bonds. The van der Waals surface area contributed by atoms with Crippen molar-refractivity contribution in [3.05, 3.63) is 59.7 Å². The minimum absolute atomic E-state index is 0.165. The highest BCUT2D eigenvalue weighted by Gasteiger charge is 2.31. The number of benzene rings is 2. The van der Waals surface area contributed by atoms with Crippen LogP contribution < -0.4 is 9.05 Å². The Bertz CT molecular complexity index is 683. The first-order chi connectivity index (χ1) is 13.0. The van der Waals surface area contributed by atoms with Crippen LogP contribution in [0.3, 0.4) is 0 Å². The predicted octanol–water partition coefficient (Wildman–Crippen LogP) is 6.75. The molecule has 0 aliphatic heterocycles. The molecule has 0 saturated heterocycles. The molecule has 2 aromatic rings. The molecule has 3 nitrogen and oxygen atoms in total. The Morgan fingerprint density at radius 1 is 0.679 bits per heavy atom. The first kappa shape index (κ1) is 22.3. The lowest BCUT2D eigenvalue weighted by Gasteiger charge is -2.27. The molecule has 154 valence electrons. The normalized spacial score (nSPS) is 12.5. The van der Waals surface area contributed by atoms with Crippen molar-refractivity contribution in [2.45, 2.75) is 26.2 Å².